The fourth-order valence-corrected chi connectivity index (χ4v) is 7.95. The molecule has 0 saturated carbocycles. The molecule has 1 fully saturated rings. The highest BCUT2D eigenvalue weighted by atomic mass is 32.2. The summed E-state index contributed by atoms with van der Waals surface area (Å²) in [5, 5.41) is 41.4. The molecule has 248 valence electrons. The normalized spacial score (nSPS) is 22.0. The summed E-state index contributed by atoms with van der Waals surface area (Å²) in [6.45, 7) is 30.2. The molecule has 44 heavy (non-hydrogen) atoms. The van der Waals surface area contributed by atoms with E-state index in [0.29, 0.717) is 5.75 Å². The highest BCUT2D eigenvalue weighted by molar-refractivity contribution is 8.18. The number of hydrogen-bond acceptors (Lipinski definition) is 8. The second kappa shape index (κ2) is 12.6. The average molecular weight is 649 g/mol. The Morgan fingerprint density at radius 2 is 0.977 bits per heavy atom. The third-order valence-corrected chi connectivity index (χ3v) is 10.3. The number of phenolic OH excluding ortho intramolecular Hbond substituents is 1. The van der Waals surface area contributed by atoms with Crippen molar-refractivity contribution in [2.24, 2.45) is 0 Å². The van der Waals surface area contributed by atoms with E-state index in [4.69, 9.17) is 9.47 Å². The lowest BCUT2D eigenvalue weighted by Gasteiger charge is -2.33. The number of hydrogen-bond donors (Lipinski definition) is 4. The van der Waals surface area contributed by atoms with Crippen molar-refractivity contribution in [3.8, 4) is 11.5 Å². The SMILES string of the molecule is CC(C)(Sc1cc(C(C)(C)C)c(O)c(C(C)(C)C)c1)Sc1cc(C(C)(C)C)c(OCC2OC(O)C(O)C2O)c(C(C)(C)C)c1. The molecule has 1 aliphatic heterocycles. The van der Waals surface area contributed by atoms with Crippen molar-refractivity contribution in [1.82, 2.24) is 0 Å². The molecule has 1 saturated heterocycles. The van der Waals surface area contributed by atoms with Crippen LogP contribution in [0.3, 0.4) is 0 Å². The Morgan fingerprint density at radius 3 is 1.30 bits per heavy atom. The van der Waals surface area contributed by atoms with Gasteiger partial charge < -0.3 is 29.9 Å². The van der Waals surface area contributed by atoms with Gasteiger partial charge in [-0.3, -0.25) is 0 Å². The van der Waals surface area contributed by atoms with Gasteiger partial charge in [-0.2, -0.15) is 0 Å². The molecule has 0 bridgehead atoms. The van der Waals surface area contributed by atoms with Crippen molar-refractivity contribution < 1.29 is 29.9 Å². The van der Waals surface area contributed by atoms with Gasteiger partial charge in [-0.05, 0) is 59.8 Å². The van der Waals surface area contributed by atoms with Gasteiger partial charge >= 0.3 is 0 Å². The molecule has 1 aliphatic rings. The number of phenols is 1. The molecule has 8 heteroatoms. The van der Waals surface area contributed by atoms with Crippen molar-refractivity contribution in [2.45, 2.75) is 157 Å². The molecule has 4 atom stereocenters. The molecule has 0 aromatic heterocycles. The Kier molecular flexibility index (Phi) is 10.6. The van der Waals surface area contributed by atoms with E-state index in [1.54, 1.807) is 23.5 Å². The number of aliphatic hydroxyl groups is 3. The Morgan fingerprint density at radius 1 is 0.614 bits per heavy atom. The van der Waals surface area contributed by atoms with Crippen LogP contribution in [-0.2, 0) is 26.4 Å². The van der Waals surface area contributed by atoms with E-state index in [-0.39, 0.29) is 32.3 Å². The van der Waals surface area contributed by atoms with Crippen molar-refractivity contribution in [3.05, 3.63) is 46.5 Å². The zero-order chi connectivity index (χ0) is 33.8. The van der Waals surface area contributed by atoms with Gasteiger partial charge in [0.1, 0.15) is 36.4 Å². The third kappa shape index (κ3) is 8.68. The first-order valence-corrected chi connectivity index (χ1v) is 17.1. The van der Waals surface area contributed by atoms with Crippen LogP contribution < -0.4 is 4.74 Å². The standard InChI is InChI=1S/C36H56O6S2/c1-32(2,3)22-15-20(16-23(27(22)37)33(4,5)6)43-36(13,14)44-21-17-24(34(7,8)9)30(25(18-21)35(10,11)12)41-19-26-28(38)29(39)31(40)42-26/h15-18,26,28-29,31,37-40H,19H2,1-14H3. The molecular formula is C36H56O6S2. The molecule has 0 radical (unpaired) electrons. The monoisotopic (exact) mass is 648 g/mol. The number of thioether (sulfide) groups is 2. The van der Waals surface area contributed by atoms with Crippen LogP contribution in [0.4, 0.5) is 0 Å². The van der Waals surface area contributed by atoms with Gasteiger partial charge in [-0.25, -0.2) is 0 Å². The highest BCUT2D eigenvalue weighted by Crippen LogP contribution is 2.51. The summed E-state index contributed by atoms with van der Waals surface area (Å²) in [5.41, 5.74) is 3.08. The number of aliphatic hydroxyl groups excluding tert-OH is 3. The second-order valence-electron chi connectivity index (χ2n) is 16.7. The number of benzene rings is 2. The summed E-state index contributed by atoms with van der Waals surface area (Å²) in [7, 11) is 0. The maximum Gasteiger partial charge on any atom is 0.184 e. The van der Waals surface area contributed by atoms with Crippen molar-refractivity contribution in [1.29, 1.82) is 0 Å². The van der Waals surface area contributed by atoms with Crippen LogP contribution >= 0.6 is 23.5 Å². The van der Waals surface area contributed by atoms with Crippen LogP contribution in [0.2, 0.25) is 0 Å². The minimum atomic E-state index is -1.44. The fraction of sp³-hybridized carbons (Fsp3) is 0.667. The van der Waals surface area contributed by atoms with Gasteiger partial charge in [0, 0.05) is 32.0 Å². The van der Waals surface area contributed by atoms with E-state index in [1.165, 1.54) is 0 Å². The quantitative estimate of drug-likeness (QED) is 0.177. The molecule has 0 aliphatic carbocycles. The molecule has 1 heterocycles. The molecule has 3 rings (SSSR count). The molecule has 2 aromatic carbocycles. The summed E-state index contributed by atoms with van der Waals surface area (Å²) in [4.78, 5) is 2.25. The lowest BCUT2D eigenvalue weighted by molar-refractivity contribution is -0.131. The summed E-state index contributed by atoms with van der Waals surface area (Å²) in [6.07, 6.45) is -4.87. The number of rotatable bonds is 7. The van der Waals surface area contributed by atoms with E-state index in [0.717, 1.165) is 37.8 Å². The van der Waals surface area contributed by atoms with Gasteiger partial charge in [-0.15, -0.1) is 23.5 Å². The summed E-state index contributed by atoms with van der Waals surface area (Å²) < 4.78 is 11.5. The van der Waals surface area contributed by atoms with Gasteiger partial charge in [0.15, 0.2) is 6.29 Å². The Labute approximate surface area is 274 Å². The van der Waals surface area contributed by atoms with Crippen molar-refractivity contribution >= 4 is 23.5 Å². The molecular weight excluding hydrogens is 593 g/mol. The van der Waals surface area contributed by atoms with Crippen LogP contribution in [0.15, 0.2) is 34.1 Å². The first-order chi connectivity index (χ1) is 19.7. The van der Waals surface area contributed by atoms with E-state index in [2.05, 4.69) is 121 Å². The summed E-state index contributed by atoms with van der Waals surface area (Å²) >= 11 is 3.60. The molecule has 0 spiro atoms. The highest BCUT2D eigenvalue weighted by Gasteiger charge is 2.42. The van der Waals surface area contributed by atoms with E-state index < -0.39 is 24.6 Å². The molecule has 0 amide bonds. The zero-order valence-electron chi connectivity index (χ0n) is 29.2. The summed E-state index contributed by atoms with van der Waals surface area (Å²) in [5.74, 6) is 1.13. The van der Waals surface area contributed by atoms with Gasteiger partial charge in [0.2, 0.25) is 0 Å². The maximum atomic E-state index is 11.2. The average Bonchev–Trinajstić information content (AvgIpc) is 3.07. The Hall–Kier alpha value is -1.42. The lowest BCUT2D eigenvalue weighted by Crippen LogP contribution is -2.35. The number of ether oxygens (including phenoxy) is 2. The topological polar surface area (TPSA) is 99.4 Å². The zero-order valence-corrected chi connectivity index (χ0v) is 30.9. The van der Waals surface area contributed by atoms with E-state index in [9.17, 15) is 20.4 Å². The number of aromatic hydroxyl groups is 1. The van der Waals surface area contributed by atoms with Crippen molar-refractivity contribution in [2.75, 3.05) is 6.61 Å². The third-order valence-electron chi connectivity index (χ3n) is 7.83. The van der Waals surface area contributed by atoms with Gasteiger partial charge in [-0.1, -0.05) is 83.1 Å². The molecule has 4 unspecified atom stereocenters. The minimum Gasteiger partial charge on any atom is -0.507 e. The maximum absolute atomic E-state index is 11.2. The predicted molar refractivity (Wildman–Crippen MR) is 184 cm³/mol. The van der Waals surface area contributed by atoms with Crippen LogP contribution in [-0.4, -0.2) is 55.7 Å². The van der Waals surface area contributed by atoms with Gasteiger partial charge in [0.05, 0.1) is 4.08 Å². The van der Waals surface area contributed by atoms with E-state index in [1.807, 2.05) is 0 Å². The van der Waals surface area contributed by atoms with Crippen LogP contribution in [0.5, 0.6) is 11.5 Å². The van der Waals surface area contributed by atoms with Crippen LogP contribution in [0, 0.1) is 0 Å². The smallest absolute Gasteiger partial charge is 0.184 e. The van der Waals surface area contributed by atoms with Crippen LogP contribution in [0.1, 0.15) is 119 Å². The molecule has 2 aromatic rings. The first kappa shape index (κ1) is 37.0. The fourth-order valence-electron chi connectivity index (χ4n) is 5.36. The first-order valence-electron chi connectivity index (χ1n) is 15.5. The lowest BCUT2D eigenvalue weighted by atomic mass is 9.79. The Balaban J connectivity index is 2.03. The molecule has 4 N–H and O–H groups in total. The van der Waals surface area contributed by atoms with Gasteiger partial charge in [0.25, 0.3) is 0 Å². The minimum absolute atomic E-state index is 0.00234. The second-order valence-corrected chi connectivity index (χ2v) is 20.3. The largest absolute Gasteiger partial charge is 0.507 e. The Bertz CT molecular complexity index is 1250. The summed E-state index contributed by atoms with van der Waals surface area (Å²) in [6, 6.07) is 8.68. The molecule has 6 nitrogen and oxygen atoms in total. The van der Waals surface area contributed by atoms with E-state index >= 15 is 0 Å². The van der Waals surface area contributed by atoms with Crippen molar-refractivity contribution in [3.63, 3.8) is 0 Å². The van der Waals surface area contributed by atoms with Crippen LogP contribution in [0.25, 0.3) is 0 Å². The predicted octanol–water partition coefficient (Wildman–Crippen LogP) is 8.02.